The van der Waals surface area contributed by atoms with Crippen LogP contribution in [0.2, 0.25) is 0 Å². The van der Waals surface area contributed by atoms with Crippen LogP contribution >= 0.6 is 0 Å². The monoisotopic (exact) mass is 281 g/mol. The molecule has 0 aliphatic rings. The first-order valence-electron chi connectivity index (χ1n) is 6.71. The molecule has 0 saturated carbocycles. The lowest BCUT2D eigenvalue weighted by molar-refractivity contribution is 0.102. The van der Waals surface area contributed by atoms with E-state index in [1.54, 1.807) is 23.3 Å². The summed E-state index contributed by atoms with van der Waals surface area (Å²) in [7, 11) is 0. The molecule has 0 radical (unpaired) electrons. The summed E-state index contributed by atoms with van der Waals surface area (Å²) in [4.78, 5) is 16.5. The molecular weight excluding hydrogens is 266 g/mol. The van der Waals surface area contributed by atoms with Crippen LogP contribution in [0.5, 0.6) is 0 Å². The second kappa shape index (κ2) is 5.62. The van der Waals surface area contributed by atoms with Gasteiger partial charge in [-0.1, -0.05) is 25.1 Å². The Morgan fingerprint density at radius 1 is 1.29 bits per heavy atom. The van der Waals surface area contributed by atoms with Crippen LogP contribution in [-0.4, -0.2) is 25.7 Å². The summed E-state index contributed by atoms with van der Waals surface area (Å²) >= 11 is 0. The van der Waals surface area contributed by atoms with Gasteiger partial charge in [0.05, 0.1) is 18.7 Å². The van der Waals surface area contributed by atoms with Crippen molar-refractivity contribution in [3.8, 4) is 5.69 Å². The SMILES string of the molecule is CCc1cn[nH]c1NC(=O)c1cncn1-c1ccccc1. The summed E-state index contributed by atoms with van der Waals surface area (Å²) in [6.07, 6.45) is 5.68. The van der Waals surface area contributed by atoms with Crippen molar-refractivity contribution in [3.63, 3.8) is 0 Å². The van der Waals surface area contributed by atoms with Crippen LogP contribution in [0.25, 0.3) is 5.69 Å². The number of anilines is 1. The van der Waals surface area contributed by atoms with E-state index < -0.39 is 0 Å². The predicted octanol–water partition coefficient (Wildman–Crippen LogP) is 2.41. The van der Waals surface area contributed by atoms with Gasteiger partial charge in [0.25, 0.3) is 5.91 Å². The number of carbonyl (C=O) groups is 1. The Kier molecular flexibility index (Phi) is 3.51. The molecule has 0 bridgehead atoms. The third-order valence-electron chi connectivity index (χ3n) is 3.24. The van der Waals surface area contributed by atoms with Crippen LogP contribution in [0.1, 0.15) is 23.0 Å². The number of carbonyl (C=O) groups excluding carboxylic acids is 1. The molecule has 2 heterocycles. The van der Waals surface area contributed by atoms with Crippen molar-refractivity contribution in [1.82, 2.24) is 19.7 Å². The Morgan fingerprint density at radius 3 is 2.86 bits per heavy atom. The second-order valence-corrected chi connectivity index (χ2v) is 4.56. The Morgan fingerprint density at radius 2 is 2.10 bits per heavy atom. The van der Waals surface area contributed by atoms with Crippen LogP contribution in [0.3, 0.4) is 0 Å². The summed E-state index contributed by atoms with van der Waals surface area (Å²) in [5, 5.41) is 9.58. The molecule has 0 unspecified atom stereocenters. The average molecular weight is 281 g/mol. The van der Waals surface area contributed by atoms with Gasteiger partial charge in [0.1, 0.15) is 11.5 Å². The molecule has 1 amide bonds. The van der Waals surface area contributed by atoms with Crippen molar-refractivity contribution in [3.05, 3.63) is 60.3 Å². The molecule has 0 aliphatic carbocycles. The Bertz CT molecular complexity index is 744. The largest absolute Gasteiger partial charge is 0.305 e. The quantitative estimate of drug-likeness (QED) is 0.771. The lowest BCUT2D eigenvalue weighted by Crippen LogP contribution is -2.17. The maximum Gasteiger partial charge on any atom is 0.275 e. The van der Waals surface area contributed by atoms with Gasteiger partial charge in [-0.05, 0) is 18.6 Å². The van der Waals surface area contributed by atoms with Crippen LogP contribution in [-0.2, 0) is 6.42 Å². The molecule has 3 aromatic rings. The minimum Gasteiger partial charge on any atom is -0.305 e. The lowest BCUT2D eigenvalue weighted by atomic mass is 10.2. The Labute approximate surface area is 121 Å². The van der Waals surface area contributed by atoms with E-state index in [9.17, 15) is 4.79 Å². The van der Waals surface area contributed by atoms with Crippen LogP contribution in [0, 0.1) is 0 Å². The number of aromatic amines is 1. The number of nitrogens with one attached hydrogen (secondary N) is 2. The van der Waals surface area contributed by atoms with E-state index in [2.05, 4.69) is 20.5 Å². The minimum absolute atomic E-state index is 0.227. The van der Waals surface area contributed by atoms with Crippen molar-refractivity contribution in [1.29, 1.82) is 0 Å². The van der Waals surface area contributed by atoms with Gasteiger partial charge in [0.2, 0.25) is 0 Å². The van der Waals surface area contributed by atoms with Crippen molar-refractivity contribution < 1.29 is 4.79 Å². The molecule has 6 heteroatoms. The zero-order valence-corrected chi connectivity index (χ0v) is 11.6. The number of rotatable bonds is 4. The summed E-state index contributed by atoms with van der Waals surface area (Å²) in [5.74, 6) is 0.401. The first-order valence-corrected chi connectivity index (χ1v) is 6.71. The number of hydrogen-bond acceptors (Lipinski definition) is 3. The highest BCUT2D eigenvalue weighted by Gasteiger charge is 2.15. The topological polar surface area (TPSA) is 75.6 Å². The first kappa shape index (κ1) is 13.1. The maximum atomic E-state index is 12.4. The molecule has 0 spiro atoms. The summed E-state index contributed by atoms with van der Waals surface area (Å²) < 4.78 is 1.75. The molecule has 2 aromatic heterocycles. The summed E-state index contributed by atoms with van der Waals surface area (Å²) in [6.45, 7) is 2.01. The second-order valence-electron chi connectivity index (χ2n) is 4.56. The van der Waals surface area contributed by atoms with E-state index in [1.807, 2.05) is 37.3 Å². The van der Waals surface area contributed by atoms with Gasteiger partial charge >= 0.3 is 0 Å². The van der Waals surface area contributed by atoms with Crippen molar-refractivity contribution in [2.24, 2.45) is 0 Å². The first-order chi connectivity index (χ1) is 10.3. The molecule has 6 nitrogen and oxygen atoms in total. The van der Waals surface area contributed by atoms with Crippen molar-refractivity contribution in [2.45, 2.75) is 13.3 Å². The lowest BCUT2D eigenvalue weighted by Gasteiger charge is -2.08. The van der Waals surface area contributed by atoms with Gasteiger partial charge in [-0.25, -0.2) is 4.98 Å². The summed E-state index contributed by atoms with van der Waals surface area (Å²) in [6, 6.07) is 9.61. The average Bonchev–Trinajstić information content (AvgIpc) is 3.16. The molecule has 0 atom stereocenters. The smallest absolute Gasteiger partial charge is 0.275 e. The number of nitrogens with zero attached hydrogens (tertiary/aromatic N) is 3. The van der Waals surface area contributed by atoms with Crippen molar-refractivity contribution >= 4 is 11.7 Å². The van der Waals surface area contributed by atoms with Crippen LogP contribution < -0.4 is 5.32 Å². The van der Waals surface area contributed by atoms with Gasteiger partial charge in [-0.15, -0.1) is 0 Å². The number of H-pyrrole nitrogens is 1. The van der Waals surface area contributed by atoms with E-state index in [1.165, 1.54) is 0 Å². The van der Waals surface area contributed by atoms with Gasteiger partial charge < -0.3 is 5.32 Å². The Hall–Kier alpha value is -2.89. The number of aryl methyl sites for hydroxylation is 1. The van der Waals surface area contributed by atoms with Gasteiger partial charge in [0, 0.05) is 11.3 Å². The third-order valence-corrected chi connectivity index (χ3v) is 3.24. The zero-order chi connectivity index (χ0) is 14.7. The van der Waals surface area contributed by atoms with E-state index >= 15 is 0 Å². The predicted molar refractivity (Wildman–Crippen MR) is 79.5 cm³/mol. The highest BCUT2D eigenvalue weighted by Crippen LogP contribution is 2.15. The van der Waals surface area contributed by atoms with E-state index in [0.717, 1.165) is 17.7 Å². The molecule has 106 valence electrons. The van der Waals surface area contributed by atoms with E-state index in [0.29, 0.717) is 11.5 Å². The Balaban J connectivity index is 1.88. The maximum absolute atomic E-state index is 12.4. The molecule has 0 aliphatic heterocycles. The van der Waals surface area contributed by atoms with E-state index in [4.69, 9.17) is 0 Å². The number of benzene rings is 1. The molecule has 0 fully saturated rings. The molecule has 3 rings (SSSR count). The third kappa shape index (κ3) is 2.55. The fourth-order valence-corrected chi connectivity index (χ4v) is 2.12. The highest BCUT2D eigenvalue weighted by molar-refractivity contribution is 6.03. The van der Waals surface area contributed by atoms with Gasteiger partial charge in [-0.3, -0.25) is 14.5 Å². The molecule has 2 N–H and O–H groups in total. The molecular formula is C15H15N5O. The number of amides is 1. The molecule has 0 saturated heterocycles. The van der Waals surface area contributed by atoms with E-state index in [-0.39, 0.29) is 5.91 Å². The standard InChI is InChI=1S/C15H15N5O/c1-2-11-8-17-19-14(11)18-15(21)13-9-16-10-20(13)12-6-4-3-5-7-12/h3-10H,2H2,1H3,(H2,17,18,19,21). The zero-order valence-electron chi connectivity index (χ0n) is 11.6. The number of aromatic nitrogens is 4. The fourth-order valence-electron chi connectivity index (χ4n) is 2.12. The van der Waals surface area contributed by atoms with Crippen LogP contribution in [0.4, 0.5) is 5.82 Å². The summed E-state index contributed by atoms with van der Waals surface area (Å²) in [5.41, 5.74) is 2.33. The minimum atomic E-state index is -0.227. The molecule has 1 aromatic carbocycles. The van der Waals surface area contributed by atoms with Crippen LogP contribution in [0.15, 0.2) is 49.1 Å². The van der Waals surface area contributed by atoms with Crippen molar-refractivity contribution in [2.75, 3.05) is 5.32 Å². The van der Waals surface area contributed by atoms with Gasteiger partial charge in [-0.2, -0.15) is 5.10 Å². The number of hydrogen-bond donors (Lipinski definition) is 2. The molecule has 21 heavy (non-hydrogen) atoms. The number of para-hydroxylation sites is 1. The highest BCUT2D eigenvalue weighted by atomic mass is 16.2. The normalized spacial score (nSPS) is 10.5. The number of imidazole rings is 1. The van der Waals surface area contributed by atoms with Gasteiger partial charge in [0.15, 0.2) is 0 Å². The fraction of sp³-hybridized carbons (Fsp3) is 0.133.